The Morgan fingerprint density at radius 3 is 2.50 bits per heavy atom. The predicted molar refractivity (Wildman–Crippen MR) is 43.0 cm³/mol. The van der Waals surface area contributed by atoms with Gasteiger partial charge in [-0.15, -0.1) is 0 Å². The molecule has 0 bridgehead atoms. The van der Waals surface area contributed by atoms with Gasteiger partial charge in [0.15, 0.2) is 6.04 Å². The number of hydrogen-bond donors (Lipinski definition) is 2. The topological polar surface area (TPSA) is 95.4 Å². The molecule has 4 N–H and O–H groups in total. The van der Waals surface area contributed by atoms with Gasteiger partial charge in [-0.25, -0.2) is 4.79 Å². The van der Waals surface area contributed by atoms with Crippen molar-refractivity contribution in [1.82, 2.24) is 0 Å². The van der Waals surface area contributed by atoms with Crippen molar-refractivity contribution in [3.63, 3.8) is 0 Å². The van der Waals surface area contributed by atoms with E-state index in [0.29, 0.717) is 0 Å². The van der Waals surface area contributed by atoms with Crippen LogP contribution in [0.2, 0.25) is 0 Å². The highest BCUT2D eigenvalue weighted by molar-refractivity contribution is 6.00. The van der Waals surface area contributed by atoms with Crippen LogP contribution >= 0.6 is 0 Å². The fourth-order valence-corrected chi connectivity index (χ4v) is 0.523. The minimum Gasteiger partial charge on any atom is -0.464 e. The van der Waals surface area contributed by atoms with E-state index < -0.39 is 17.9 Å². The first-order valence-electron chi connectivity index (χ1n) is 3.81. The van der Waals surface area contributed by atoms with Crippen LogP contribution in [0.3, 0.4) is 0 Å². The molecule has 12 heavy (non-hydrogen) atoms. The maximum absolute atomic E-state index is 10.8. The number of nitrogens with two attached hydrogens (primary N) is 2. The predicted octanol–water partition coefficient (Wildman–Crippen LogP) is -0.858. The summed E-state index contributed by atoms with van der Waals surface area (Å²) in [5.41, 5.74) is 9.87. The summed E-state index contributed by atoms with van der Waals surface area (Å²) in [6.07, 6.45) is 1.68. The zero-order chi connectivity index (χ0) is 9.56. The van der Waals surface area contributed by atoms with Crippen LogP contribution in [0.15, 0.2) is 0 Å². The van der Waals surface area contributed by atoms with E-state index in [4.69, 9.17) is 11.5 Å². The molecule has 0 saturated heterocycles. The average molecular weight is 174 g/mol. The summed E-state index contributed by atoms with van der Waals surface area (Å²) in [7, 11) is 0. The van der Waals surface area contributed by atoms with E-state index in [9.17, 15) is 9.59 Å². The Morgan fingerprint density at radius 1 is 1.50 bits per heavy atom. The van der Waals surface area contributed by atoms with Crippen molar-refractivity contribution in [1.29, 1.82) is 0 Å². The number of esters is 1. The highest BCUT2D eigenvalue weighted by Gasteiger charge is 2.20. The maximum Gasteiger partial charge on any atom is 0.332 e. The Kier molecular flexibility index (Phi) is 5.03. The van der Waals surface area contributed by atoms with Gasteiger partial charge in [-0.2, -0.15) is 0 Å². The number of unbranched alkanes of at least 4 members (excludes halogenated alkanes) is 1. The Hall–Kier alpha value is -1.10. The van der Waals surface area contributed by atoms with E-state index in [1.54, 1.807) is 0 Å². The molecule has 0 radical (unpaired) electrons. The standard InChI is InChI=1S/C7H14N2O3/c1-2-3-4-12-7(11)5(8)6(9)10/h5H,2-4,8H2,1H3,(H2,9,10). The van der Waals surface area contributed by atoms with Crippen LogP contribution in [0.25, 0.3) is 0 Å². The average Bonchev–Trinajstić information content (AvgIpc) is 2.03. The number of rotatable bonds is 5. The fraction of sp³-hybridized carbons (Fsp3) is 0.714. The summed E-state index contributed by atoms with van der Waals surface area (Å²) >= 11 is 0. The monoisotopic (exact) mass is 174 g/mol. The Labute approximate surface area is 71.0 Å². The van der Waals surface area contributed by atoms with E-state index in [1.165, 1.54) is 0 Å². The second-order valence-corrected chi connectivity index (χ2v) is 2.40. The number of primary amides is 1. The van der Waals surface area contributed by atoms with Gasteiger partial charge in [0.25, 0.3) is 0 Å². The zero-order valence-corrected chi connectivity index (χ0v) is 7.08. The summed E-state index contributed by atoms with van der Waals surface area (Å²) < 4.78 is 4.64. The second-order valence-electron chi connectivity index (χ2n) is 2.40. The molecule has 0 aliphatic carbocycles. The smallest absolute Gasteiger partial charge is 0.332 e. The van der Waals surface area contributed by atoms with Crippen molar-refractivity contribution < 1.29 is 14.3 Å². The first-order chi connectivity index (χ1) is 5.59. The van der Waals surface area contributed by atoms with Crippen LogP contribution in [0.1, 0.15) is 19.8 Å². The molecule has 0 spiro atoms. The molecule has 0 heterocycles. The maximum atomic E-state index is 10.8. The van der Waals surface area contributed by atoms with Crippen molar-refractivity contribution >= 4 is 11.9 Å². The van der Waals surface area contributed by atoms with Crippen molar-refractivity contribution in [3.05, 3.63) is 0 Å². The highest BCUT2D eigenvalue weighted by atomic mass is 16.5. The summed E-state index contributed by atoms with van der Waals surface area (Å²) in [5.74, 6) is -1.62. The van der Waals surface area contributed by atoms with Crippen molar-refractivity contribution in [2.75, 3.05) is 6.61 Å². The van der Waals surface area contributed by atoms with Crippen LogP contribution in [0.4, 0.5) is 0 Å². The molecule has 1 amide bonds. The molecule has 70 valence electrons. The molecule has 5 nitrogen and oxygen atoms in total. The summed E-state index contributed by atoms with van der Waals surface area (Å²) in [6, 6.07) is -1.33. The van der Waals surface area contributed by atoms with Gasteiger partial charge in [-0.05, 0) is 6.42 Å². The van der Waals surface area contributed by atoms with Crippen LogP contribution < -0.4 is 11.5 Å². The van der Waals surface area contributed by atoms with Crippen molar-refractivity contribution in [3.8, 4) is 0 Å². The van der Waals surface area contributed by atoms with Gasteiger partial charge in [-0.1, -0.05) is 13.3 Å². The Balaban J connectivity index is 3.65. The van der Waals surface area contributed by atoms with Crippen LogP contribution in [0.5, 0.6) is 0 Å². The number of carbonyl (C=O) groups excluding carboxylic acids is 2. The molecule has 0 rings (SSSR count). The van der Waals surface area contributed by atoms with Crippen molar-refractivity contribution in [2.24, 2.45) is 11.5 Å². The lowest BCUT2D eigenvalue weighted by atomic mass is 10.3. The van der Waals surface area contributed by atoms with Gasteiger partial charge in [-0.3, -0.25) is 4.79 Å². The van der Waals surface area contributed by atoms with Gasteiger partial charge in [0.2, 0.25) is 5.91 Å². The number of amides is 1. The van der Waals surface area contributed by atoms with E-state index >= 15 is 0 Å². The van der Waals surface area contributed by atoms with Gasteiger partial charge < -0.3 is 16.2 Å². The molecular weight excluding hydrogens is 160 g/mol. The van der Waals surface area contributed by atoms with Crippen LogP contribution in [-0.2, 0) is 14.3 Å². The molecule has 0 saturated carbocycles. The number of hydrogen-bond acceptors (Lipinski definition) is 4. The lowest BCUT2D eigenvalue weighted by Crippen LogP contribution is -2.44. The molecule has 1 atom stereocenters. The molecule has 0 aliphatic heterocycles. The molecular formula is C7H14N2O3. The van der Waals surface area contributed by atoms with Crippen LogP contribution in [-0.4, -0.2) is 24.5 Å². The molecule has 5 heteroatoms. The Morgan fingerprint density at radius 2 is 2.08 bits per heavy atom. The summed E-state index contributed by atoms with van der Waals surface area (Å²) in [4.78, 5) is 21.2. The molecule has 0 aromatic rings. The van der Waals surface area contributed by atoms with Gasteiger partial charge in [0.05, 0.1) is 6.61 Å². The quantitative estimate of drug-likeness (QED) is 0.322. The minimum absolute atomic E-state index is 0.288. The van der Waals surface area contributed by atoms with E-state index in [-0.39, 0.29) is 6.61 Å². The first kappa shape index (κ1) is 10.9. The lowest BCUT2D eigenvalue weighted by molar-refractivity contribution is -0.147. The third-order valence-electron chi connectivity index (χ3n) is 1.30. The SMILES string of the molecule is CCCCOC(=O)C(N)C(N)=O. The van der Waals surface area contributed by atoms with E-state index in [1.807, 2.05) is 6.92 Å². The zero-order valence-electron chi connectivity index (χ0n) is 7.08. The molecule has 0 aliphatic rings. The highest BCUT2D eigenvalue weighted by Crippen LogP contribution is 1.90. The van der Waals surface area contributed by atoms with Gasteiger partial charge in [0, 0.05) is 0 Å². The molecule has 1 unspecified atom stereocenters. The van der Waals surface area contributed by atoms with Crippen molar-refractivity contribution in [2.45, 2.75) is 25.8 Å². The number of carbonyl (C=O) groups is 2. The third-order valence-corrected chi connectivity index (χ3v) is 1.30. The lowest BCUT2D eigenvalue weighted by Gasteiger charge is -2.06. The fourth-order valence-electron chi connectivity index (χ4n) is 0.523. The van der Waals surface area contributed by atoms with Gasteiger partial charge in [0.1, 0.15) is 0 Å². The summed E-state index contributed by atoms with van der Waals surface area (Å²) in [6.45, 7) is 2.25. The minimum atomic E-state index is -1.33. The normalized spacial score (nSPS) is 12.2. The van der Waals surface area contributed by atoms with E-state index in [0.717, 1.165) is 12.8 Å². The van der Waals surface area contributed by atoms with Crippen LogP contribution in [0, 0.1) is 0 Å². The second kappa shape index (κ2) is 5.54. The largest absolute Gasteiger partial charge is 0.464 e. The van der Waals surface area contributed by atoms with E-state index in [2.05, 4.69) is 4.74 Å². The molecule has 0 aromatic carbocycles. The first-order valence-corrected chi connectivity index (χ1v) is 3.81. The molecule has 0 fully saturated rings. The van der Waals surface area contributed by atoms with Gasteiger partial charge >= 0.3 is 5.97 Å². The Bertz CT molecular complexity index is 170. The number of ether oxygens (including phenoxy) is 1. The molecule has 0 aromatic heterocycles. The summed E-state index contributed by atoms with van der Waals surface area (Å²) in [5, 5.41) is 0. The third kappa shape index (κ3) is 3.92.